The van der Waals surface area contributed by atoms with Gasteiger partial charge in [-0.3, -0.25) is 0 Å². The summed E-state index contributed by atoms with van der Waals surface area (Å²) in [6, 6.07) is 17.0. The van der Waals surface area contributed by atoms with E-state index < -0.39 is 15.8 Å². The van der Waals surface area contributed by atoms with Gasteiger partial charge in [0.1, 0.15) is 11.6 Å². The van der Waals surface area contributed by atoms with Gasteiger partial charge in [0.15, 0.2) is 0 Å². The van der Waals surface area contributed by atoms with Crippen molar-refractivity contribution in [3.8, 4) is 11.1 Å². The first-order chi connectivity index (χ1) is 14.4. The van der Waals surface area contributed by atoms with Crippen molar-refractivity contribution < 1.29 is 12.8 Å². The van der Waals surface area contributed by atoms with Gasteiger partial charge in [0.05, 0.1) is 21.0 Å². The van der Waals surface area contributed by atoms with Crippen LogP contribution < -0.4 is 4.72 Å². The summed E-state index contributed by atoms with van der Waals surface area (Å²) in [5.74, 6) is 0.0498. The first-order valence-corrected chi connectivity index (χ1v) is 10.9. The average Bonchev–Trinajstić information content (AvgIpc) is 3.17. The van der Waals surface area contributed by atoms with Crippen LogP contribution >= 0.6 is 11.6 Å². The zero-order valence-electron chi connectivity index (χ0n) is 15.9. The first kappa shape index (κ1) is 20.3. The van der Waals surface area contributed by atoms with E-state index in [2.05, 4.69) is 14.7 Å². The van der Waals surface area contributed by atoms with E-state index in [1.54, 1.807) is 48.6 Å². The van der Waals surface area contributed by atoms with Crippen molar-refractivity contribution in [2.75, 3.05) is 7.05 Å². The molecule has 1 heterocycles. The highest BCUT2D eigenvalue weighted by Crippen LogP contribution is 2.29. The zero-order chi connectivity index (χ0) is 21.3. The minimum atomic E-state index is -3.61. The van der Waals surface area contributed by atoms with E-state index in [0.717, 1.165) is 11.1 Å². The highest BCUT2D eigenvalue weighted by atomic mass is 35.5. The molecule has 5 nitrogen and oxygen atoms in total. The number of aromatic nitrogens is 2. The number of H-pyrrole nitrogens is 1. The molecule has 0 unspecified atom stereocenters. The lowest BCUT2D eigenvalue weighted by atomic mass is 10.1. The van der Waals surface area contributed by atoms with Gasteiger partial charge >= 0.3 is 0 Å². The van der Waals surface area contributed by atoms with E-state index in [9.17, 15) is 12.8 Å². The van der Waals surface area contributed by atoms with Crippen molar-refractivity contribution in [2.24, 2.45) is 0 Å². The Labute approximate surface area is 178 Å². The summed E-state index contributed by atoms with van der Waals surface area (Å²) in [6.45, 7) is 0. The molecule has 0 saturated carbocycles. The molecule has 0 bridgehead atoms. The van der Waals surface area contributed by atoms with Crippen LogP contribution in [0.15, 0.2) is 65.6 Å². The lowest BCUT2D eigenvalue weighted by Gasteiger charge is -2.09. The molecule has 0 aliphatic heterocycles. The second-order valence-corrected chi connectivity index (χ2v) is 8.80. The summed E-state index contributed by atoms with van der Waals surface area (Å²) in [5, 5.41) is 0.0570. The van der Waals surface area contributed by atoms with Crippen molar-refractivity contribution in [2.45, 2.75) is 4.90 Å². The van der Waals surface area contributed by atoms with Gasteiger partial charge in [0.25, 0.3) is 0 Å². The monoisotopic (exact) mass is 441 g/mol. The molecule has 4 rings (SSSR count). The molecule has 8 heteroatoms. The fraction of sp³-hybridized carbons (Fsp3) is 0.0455. The minimum Gasteiger partial charge on any atom is -0.338 e. The SMILES string of the molecule is CNS(=O)(=O)c1ccccc1-c1ccc2[nH]c(C=Cc3cccc(Cl)c3F)nc2c1. The Balaban J connectivity index is 1.73. The minimum absolute atomic E-state index is 0.0570. The molecule has 0 saturated heterocycles. The molecule has 1 aromatic heterocycles. The van der Waals surface area contributed by atoms with E-state index in [1.165, 1.54) is 13.1 Å². The average molecular weight is 442 g/mol. The molecular formula is C22H17ClFN3O2S. The highest BCUT2D eigenvalue weighted by molar-refractivity contribution is 7.89. The Morgan fingerprint density at radius 1 is 1.07 bits per heavy atom. The summed E-state index contributed by atoms with van der Waals surface area (Å²) in [4.78, 5) is 7.86. The molecule has 0 aliphatic carbocycles. The van der Waals surface area contributed by atoms with E-state index in [0.29, 0.717) is 22.5 Å². The number of halogens is 2. The standard InChI is InChI=1S/C22H17ClFN3O2S/c1-25-30(28,29)20-8-3-2-6-16(20)15-9-11-18-19(13-15)27-21(26-18)12-10-14-5-4-7-17(23)22(14)24/h2-13,25H,1H3,(H,26,27). The second kappa shape index (κ2) is 8.02. The maximum absolute atomic E-state index is 14.0. The summed E-state index contributed by atoms with van der Waals surface area (Å²) in [7, 11) is -2.23. The third kappa shape index (κ3) is 3.87. The fourth-order valence-corrected chi connectivity index (χ4v) is 4.27. The van der Waals surface area contributed by atoms with Crippen LogP contribution in [0, 0.1) is 5.82 Å². The molecule has 0 fully saturated rings. The molecule has 30 heavy (non-hydrogen) atoms. The third-order valence-corrected chi connectivity index (χ3v) is 6.42. The highest BCUT2D eigenvalue weighted by Gasteiger charge is 2.17. The van der Waals surface area contributed by atoms with Crippen molar-refractivity contribution in [3.63, 3.8) is 0 Å². The predicted molar refractivity (Wildman–Crippen MR) is 118 cm³/mol. The number of rotatable bonds is 5. The predicted octanol–water partition coefficient (Wildman–Crippen LogP) is 5.10. The number of fused-ring (bicyclic) bond motifs is 1. The van der Waals surface area contributed by atoms with Crippen LogP contribution in [0.3, 0.4) is 0 Å². The zero-order valence-corrected chi connectivity index (χ0v) is 17.4. The van der Waals surface area contributed by atoms with Gasteiger partial charge in [-0.25, -0.2) is 22.5 Å². The summed E-state index contributed by atoms with van der Waals surface area (Å²) in [5.41, 5.74) is 3.10. The lowest BCUT2D eigenvalue weighted by Crippen LogP contribution is -2.19. The molecule has 0 aliphatic rings. The Morgan fingerprint density at radius 3 is 2.67 bits per heavy atom. The van der Waals surface area contributed by atoms with Gasteiger partial charge in [-0.05, 0) is 49.0 Å². The van der Waals surface area contributed by atoms with E-state index >= 15 is 0 Å². The number of sulfonamides is 1. The number of nitrogens with zero attached hydrogens (tertiary/aromatic N) is 1. The molecule has 0 radical (unpaired) electrons. The van der Waals surface area contributed by atoms with Crippen LogP contribution in [0.5, 0.6) is 0 Å². The van der Waals surface area contributed by atoms with Crippen molar-refractivity contribution in [3.05, 3.63) is 82.9 Å². The van der Waals surface area contributed by atoms with Crippen LogP contribution in [0.1, 0.15) is 11.4 Å². The normalized spacial score (nSPS) is 12.1. The maximum atomic E-state index is 14.0. The van der Waals surface area contributed by atoms with Crippen LogP contribution in [0.25, 0.3) is 34.3 Å². The Bertz CT molecular complexity index is 1380. The molecule has 4 aromatic rings. The Morgan fingerprint density at radius 2 is 1.87 bits per heavy atom. The molecular weight excluding hydrogens is 425 g/mol. The van der Waals surface area contributed by atoms with Gasteiger partial charge in [-0.15, -0.1) is 0 Å². The quantitative estimate of drug-likeness (QED) is 0.452. The number of nitrogens with one attached hydrogen (secondary N) is 2. The second-order valence-electron chi connectivity index (χ2n) is 6.53. The fourth-order valence-electron chi connectivity index (χ4n) is 3.14. The number of hydrogen-bond acceptors (Lipinski definition) is 3. The Kier molecular flexibility index (Phi) is 5.42. The van der Waals surface area contributed by atoms with E-state index in [4.69, 9.17) is 11.6 Å². The molecule has 3 aromatic carbocycles. The maximum Gasteiger partial charge on any atom is 0.240 e. The van der Waals surface area contributed by atoms with Gasteiger partial charge in [0.2, 0.25) is 10.0 Å². The van der Waals surface area contributed by atoms with Gasteiger partial charge < -0.3 is 4.98 Å². The van der Waals surface area contributed by atoms with E-state index in [-0.39, 0.29) is 9.92 Å². The molecule has 2 N–H and O–H groups in total. The topological polar surface area (TPSA) is 74.8 Å². The Hall–Kier alpha value is -3.00. The molecule has 0 spiro atoms. The molecule has 152 valence electrons. The van der Waals surface area contributed by atoms with Crippen LogP contribution in [-0.4, -0.2) is 25.4 Å². The van der Waals surface area contributed by atoms with Crippen LogP contribution in [-0.2, 0) is 10.0 Å². The lowest BCUT2D eigenvalue weighted by molar-refractivity contribution is 0.588. The van der Waals surface area contributed by atoms with Gasteiger partial charge in [-0.2, -0.15) is 0 Å². The largest absolute Gasteiger partial charge is 0.338 e. The van der Waals surface area contributed by atoms with Crippen molar-refractivity contribution in [1.82, 2.24) is 14.7 Å². The molecule has 0 amide bonds. The smallest absolute Gasteiger partial charge is 0.240 e. The van der Waals surface area contributed by atoms with Crippen LogP contribution in [0.2, 0.25) is 5.02 Å². The molecule has 0 atom stereocenters. The summed E-state index contributed by atoms with van der Waals surface area (Å²) in [6.07, 6.45) is 3.25. The van der Waals surface area contributed by atoms with E-state index in [1.807, 2.05) is 18.2 Å². The number of aromatic amines is 1. The first-order valence-electron chi connectivity index (χ1n) is 9.04. The third-order valence-electron chi connectivity index (χ3n) is 4.66. The number of hydrogen-bond donors (Lipinski definition) is 2. The number of imidazole rings is 1. The number of benzene rings is 3. The van der Waals surface area contributed by atoms with Gasteiger partial charge in [-0.1, -0.05) is 48.0 Å². The summed E-state index contributed by atoms with van der Waals surface area (Å²) < 4.78 is 41.1. The van der Waals surface area contributed by atoms with Gasteiger partial charge in [0, 0.05) is 11.1 Å². The van der Waals surface area contributed by atoms with Crippen molar-refractivity contribution >= 4 is 44.8 Å². The van der Waals surface area contributed by atoms with Crippen LogP contribution in [0.4, 0.5) is 4.39 Å². The summed E-state index contributed by atoms with van der Waals surface area (Å²) >= 11 is 5.81. The van der Waals surface area contributed by atoms with Crippen molar-refractivity contribution in [1.29, 1.82) is 0 Å².